The van der Waals surface area contributed by atoms with Crippen LogP contribution in [-0.2, 0) is 20.6 Å². The van der Waals surface area contributed by atoms with E-state index >= 15 is 4.79 Å². The van der Waals surface area contributed by atoms with Crippen molar-refractivity contribution in [2.75, 3.05) is 17.7 Å². The minimum Gasteiger partial charge on any atom is -0.489 e. The van der Waals surface area contributed by atoms with Gasteiger partial charge in [-0.2, -0.15) is 0 Å². The highest BCUT2D eigenvalue weighted by Crippen LogP contribution is 2.44. The summed E-state index contributed by atoms with van der Waals surface area (Å²) in [4.78, 5) is 30.3. The molecule has 0 radical (unpaired) electrons. The van der Waals surface area contributed by atoms with Gasteiger partial charge >= 0.3 is 6.09 Å². The average Bonchev–Trinajstić information content (AvgIpc) is 3.58. The van der Waals surface area contributed by atoms with Crippen molar-refractivity contribution in [3.63, 3.8) is 0 Å². The Kier molecular flexibility index (Phi) is 13.4. The third kappa shape index (κ3) is 10.1. The van der Waals surface area contributed by atoms with Crippen LogP contribution < -0.4 is 10.1 Å². The zero-order valence-electron chi connectivity index (χ0n) is 32.3. The molecule has 2 amide bonds. The van der Waals surface area contributed by atoms with Crippen LogP contribution in [0.1, 0.15) is 61.2 Å². The number of nitrogens with one attached hydrogen (secondary N) is 1. The van der Waals surface area contributed by atoms with Crippen molar-refractivity contribution in [2.24, 2.45) is 0 Å². The van der Waals surface area contributed by atoms with Crippen LogP contribution in [0.2, 0.25) is 18.1 Å². The fourth-order valence-electron chi connectivity index (χ4n) is 6.29. The molecule has 7 nitrogen and oxygen atoms in total. The third-order valence-corrected chi connectivity index (χ3v) is 16.7. The van der Waals surface area contributed by atoms with Crippen LogP contribution in [0.15, 0.2) is 138 Å². The zero-order valence-corrected chi connectivity index (χ0v) is 35.7. The second kappa shape index (κ2) is 18.2. The number of thioether (sulfide) groups is 1. The van der Waals surface area contributed by atoms with Gasteiger partial charge in [0, 0.05) is 21.5 Å². The van der Waals surface area contributed by atoms with Crippen LogP contribution in [0.4, 0.5) is 14.9 Å². The van der Waals surface area contributed by atoms with E-state index in [1.165, 1.54) is 28.8 Å². The second-order valence-electron chi connectivity index (χ2n) is 15.3. The standard InChI is InChI=1S/C45H48BrFN2O5SSi/c1-45(2,3)56(4,5)54-40(33-21-24-35(47)25-22-33)30-55-42(43(50)49-38(29-53-44(49)51)32-17-11-7-12-18-32)41(48-36-19-13-8-14-20-36)37-26-23-34(46)27-39(37)52-28-31-15-9-6-10-16-31/h6-27,38,40-42,48H,28-30H2,1-5H3/t38-,40+,41-,42-/m1/s1. The summed E-state index contributed by atoms with van der Waals surface area (Å²) in [5, 5.41) is 2.65. The summed E-state index contributed by atoms with van der Waals surface area (Å²) in [6.07, 6.45) is -1.18. The van der Waals surface area contributed by atoms with Gasteiger partial charge in [-0.1, -0.05) is 134 Å². The van der Waals surface area contributed by atoms with Crippen LogP contribution in [0, 0.1) is 5.82 Å². The van der Waals surface area contributed by atoms with E-state index < -0.39 is 43.8 Å². The van der Waals surface area contributed by atoms with E-state index in [2.05, 4.69) is 55.1 Å². The number of ether oxygens (including phenoxy) is 2. The van der Waals surface area contributed by atoms with Crippen molar-refractivity contribution in [3.8, 4) is 5.75 Å². The fraction of sp³-hybridized carbons (Fsp3) is 0.289. The van der Waals surface area contributed by atoms with Gasteiger partial charge in [-0.15, -0.1) is 11.8 Å². The molecule has 0 aliphatic carbocycles. The molecule has 4 atom stereocenters. The molecular weight excluding hydrogens is 808 g/mol. The van der Waals surface area contributed by atoms with Gasteiger partial charge in [0.1, 0.15) is 36.1 Å². The average molecular weight is 856 g/mol. The van der Waals surface area contributed by atoms with E-state index in [-0.39, 0.29) is 17.5 Å². The largest absolute Gasteiger partial charge is 0.489 e. The van der Waals surface area contributed by atoms with E-state index in [4.69, 9.17) is 13.9 Å². The minimum atomic E-state index is -2.38. The SMILES string of the molecule is CC(C)(C)[Si](C)(C)O[C@@H](CS[C@@H](C(=O)N1C(=O)OC[C@@H]1c1ccccc1)[C@H](Nc1ccccc1)c1ccc(Br)cc1OCc1ccccc1)c1ccc(F)cc1. The van der Waals surface area contributed by atoms with Crippen LogP contribution >= 0.6 is 27.7 Å². The number of hydrogen-bond acceptors (Lipinski definition) is 7. The van der Waals surface area contributed by atoms with E-state index in [9.17, 15) is 9.18 Å². The molecule has 11 heteroatoms. The van der Waals surface area contributed by atoms with E-state index in [0.29, 0.717) is 18.1 Å². The first-order chi connectivity index (χ1) is 26.8. The molecule has 0 bridgehead atoms. The molecule has 1 saturated heterocycles. The normalized spacial score (nSPS) is 16.2. The number of carbonyl (C=O) groups is 2. The van der Waals surface area contributed by atoms with E-state index in [0.717, 1.165) is 32.4 Å². The molecule has 6 rings (SSSR count). The van der Waals surface area contributed by atoms with E-state index in [1.54, 1.807) is 12.1 Å². The summed E-state index contributed by atoms with van der Waals surface area (Å²) < 4.78 is 34.3. The molecule has 292 valence electrons. The quantitative estimate of drug-likeness (QED) is 0.105. The predicted octanol–water partition coefficient (Wildman–Crippen LogP) is 11.9. The molecule has 1 heterocycles. The van der Waals surface area contributed by atoms with Gasteiger partial charge < -0.3 is 19.2 Å². The number of para-hydroxylation sites is 1. The first kappa shape index (κ1) is 41.2. The molecule has 56 heavy (non-hydrogen) atoms. The molecule has 1 aliphatic rings. The van der Waals surface area contributed by atoms with Crippen molar-refractivity contribution in [1.82, 2.24) is 4.90 Å². The Balaban J connectivity index is 1.47. The fourth-order valence-corrected chi connectivity index (χ4v) is 9.34. The number of anilines is 1. The third-order valence-electron chi connectivity index (χ3n) is 10.4. The lowest BCUT2D eigenvalue weighted by Crippen LogP contribution is -2.45. The first-order valence-corrected chi connectivity index (χ1v) is 23.4. The Morgan fingerprint density at radius 2 is 1.55 bits per heavy atom. The summed E-state index contributed by atoms with van der Waals surface area (Å²) in [6, 6.07) is 39.9. The maximum absolute atomic E-state index is 15.4. The van der Waals surface area contributed by atoms with Gasteiger partial charge in [0.05, 0.1) is 12.1 Å². The number of amides is 2. The molecule has 0 saturated carbocycles. The maximum atomic E-state index is 15.4. The van der Waals surface area contributed by atoms with Crippen molar-refractivity contribution in [2.45, 2.75) is 68.9 Å². The van der Waals surface area contributed by atoms with Crippen LogP contribution in [0.25, 0.3) is 0 Å². The zero-order chi connectivity index (χ0) is 39.9. The summed E-state index contributed by atoms with van der Waals surface area (Å²) in [5.41, 5.74) is 4.10. The second-order valence-corrected chi connectivity index (χ2v) is 22.2. The van der Waals surface area contributed by atoms with Crippen LogP contribution in [-0.4, -0.2) is 42.8 Å². The highest BCUT2D eigenvalue weighted by Gasteiger charge is 2.46. The minimum absolute atomic E-state index is 0.0408. The number of imide groups is 1. The van der Waals surface area contributed by atoms with Gasteiger partial charge in [-0.25, -0.2) is 14.1 Å². The molecule has 0 aromatic heterocycles. The smallest absolute Gasteiger partial charge is 0.417 e. The van der Waals surface area contributed by atoms with Crippen molar-refractivity contribution >= 4 is 53.7 Å². The molecular formula is C45H48BrFN2O5SSi. The number of carbonyl (C=O) groups excluding carboxylic acids is 2. The number of hydrogen-bond donors (Lipinski definition) is 1. The Hall–Kier alpha value is -4.42. The maximum Gasteiger partial charge on any atom is 0.417 e. The Labute approximate surface area is 343 Å². The molecule has 0 unspecified atom stereocenters. The van der Waals surface area contributed by atoms with Gasteiger partial charge in [0.15, 0.2) is 8.32 Å². The topological polar surface area (TPSA) is 77.1 Å². The molecule has 5 aromatic rings. The van der Waals surface area contributed by atoms with Crippen molar-refractivity contribution in [3.05, 3.63) is 166 Å². The molecule has 0 spiro atoms. The Morgan fingerprint density at radius 1 is 0.929 bits per heavy atom. The lowest BCUT2D eigenvalue weighted by Gasteiger charge is -2.40. The highest BCUT2D eigenvalue weighted by atomic mass is 79.9. The number of nitrogens with zero attached hydrogens (tertiary/aromatic N) is 1. The number of halogens is 2. The van der Waals surface area contributed by atoms with Crippen LogP contribution in [0.3, 0.4) is 0 Å². The number of cyclic esters (lactones) is 1. The van der Waals surface area contributed by atoms with Gasteiger partial charge in [-0.05, 0) is 71.2 Å². The summed E-state index contributed by atoms with van der Waals surface area (Å²) in [7, 11) is -2.38. The Morgan fingerprint density at radius 3 is 2.20 bits per heavy atom. The van der Waals surface area contributed by atoms with Crippen LogP contribution in [0.5, 0.6) is 5.75 Å². The molecule has 1 aliphatic heterocycles. The summed E-state index contributed by atoms with van der Waals surface area (Å²) >= 11 is 5.04. The number of rotatable bonds is 15. The monoisotopic (exact) mass is 854 g/mol. The van der Waals surface area contributed by atoms with Gasteiger partial charge in [-0.3, -0.25) is 4.79 Å². The predicted molar refractivity (Wildman–Crippen MR) is 229 cm³/mol. The Bertz CT molecular complexity index is 2070. The highest BCUT2D eigenvalue weighted by molar-refractivity contribution is 9.10. The van der Waals surface area contributed by atoms with E-state index in [1.807, 2.05) is 109 Å². The molecule has 1 fully saturated rings. The lowest BCUT2D eigenvalue weighted by atomic mass is 9.99. The summed E-state index contributed by atoms with van der Waals surface area (Å²) in [5.74, 6) is 0.149. The summed E-state index contributed by atoms with van der Waals surface area (Å²) in [6.45, 7) is 11.2. The van der Waals surface area contributed by atoms with Gasteiger partial charge in [0.25, 0.3) is 0 Å². The van der Waals surface area contributed by atoms with Crippen molar-refractivity contribution < 1.29 is 27.9 Å². The molecule has 1 N–H and O–H groups in total. The first-order valence-electron chi connectivity index (χ1n) is 18.7. The molecule has 5 aromatic carbocycles. The van der Waals surface area contributed by atoms with Crippen molar-refractivity contribution in [1.29, 1.82) is 0 Å². The number of benzene rings is 5. The lowest BCUT2D eigenvalue weighted by molar-refractivity contribution is -0.129. The van der Waals surface area contributed by atoms with Gasteiger partial charge in [0.2, 0.25) is 5.91 Å².